The van der Waals surface area contributed by atoms with Crippen molar-refractivity contribution >= 4 is 33.9 Å². The van der Waals surface area contributed by atoms with E-state index in [4.69, 9.17) is 18.9 Å². The standard InChI is InChI=1S/C19H16BrNO5/c1-23-13-5-7-16(24-2)12(8-13)10-15-19(22)26-18(21-15)11-4-6-17(25-3)14(20)9-11/h4-10H,1-3H3/b15-10-. The van der Waals surface area contributed by atoms with Crippen LogP contribution in [0.15, 0.2) is 51.6 Å². The van der Waals surface area contributed by atoms with Gasteiger partial charge in [0.1, 0.15) is 17.2 Å². The maximum absolute atomic E-state index is 12.2. The molecule has 0 bridgehead atoms. The number of esters is 1. The van der Waals surface area contributed by atoms with Crippen LogP contribution in [0.2, 0.25) is 0 Å². The minimum atomic E-state index is -0.531. The first-order chi connectivity index (χ1) is 12.5. The SMILES string of the molecule is COc1ccc(OC)c(/C=C2\N=C(c3ccc(OC)c(Br)c3)OC2=O)c1. The molecule has 2 aromatic rings. The highest BCUT2D eigenvalue weighted by Crippen LogP contribution is 2.30. The minimum absolute atomic E-state index is 0.179. The van der Waals surface area contributed by atoms with E-state index in [0.29, 0.717) is 28.4 Å². The van der Waals surface area contributed by atoms with Gasteiger partial charge in [0.2, 0.25) is 5.90 Å². The van der Waals surface area contributed by atoms with Gasteiger partial charge in [-0.15, -0.1) is 0 Å². The van der Waals surface area contributed by atoms with Crippen LogP contribution in [0.1, 0.15) is 11.1 Å². The lowest BCUT2D eigenvalue weighted by Gasteiger charge is -2.07. The van der Waals surface area contributed by atoms with Crippen LogP contribution in [0, 0.1) is 0 Å². The molecule has 0 saturated carbocycles. The monoisotopic (exact) mass is 417 g/mol. The molecule has 26 heavy (non-hydrogen) atoms. The molecular weight excluding hydrogens is 402 g/mol. The summed E-state index contributed by atoms with van der Waals surface area (Å²) >= 11 is 3.41. The van der Waals surface area contributed by atoms with E-state index in [0.717, 1.165) is 4.47 Å². The molecule has 3 rings (SSSR count). The Morgan fingerprint density at radius 2 is 1.73 bits per heavy atom. The highest BCUT2D eigenvalue weighted by molar-refractivity contribution is 9.10. The van der Waals surface area contributed by atoms with Gasteiger partial charge in [-0.1, -0.05) is 0 Å². The van der Waals surface area contributed by atoms with Crippen LogP contribution in [0.25, 0.3) is 6.08 Å². The number of hydrogen-bond acceptors (Lipinski definition) is 6. The summed E-state index contributed by atoms with van der Waals surface area (Å²) in [4.78, 5) is 16.5. The lowest BCUT2D eigenvalue weighted by molar-refractivity contribution is -0.129. The van der Waals surface area contributed by atoms with Crippen molar-refractivity contribution in [1.82, 2.24) is 0 Å². The van der Waals surface area contributed by atoms with Crippen LogP contribution in [0.4, 0.5) is 0 Å². The quantitative estimate of drug-likeness (QED) is 0.546. The van der Waals surface area contributed by atoms with Crippen LogP contribution in [-0.2, 0) is 9.53 Å². The second-order valence-corrected chi connectivity index (χ2v) is 6.15. The smallest absolute Gasteiger partial charge is 0.363 e. The summed E-state index contributed by atoms with van der Waals surface area (Å²) in [6.45, 7) is 0. The lowest BCUT2D eigenvalue weighted by Crippen LogP contribution is -2.05. The Bertz CT molecular complexity index is 920. The van der Waals surface area contributed by atoms with Crippen LogP contribution in [-0.4, -0.2) is 33.2 Å². The second kappa shape index (κ2) is 7.61. The molecule has 1 heterocycles. The average Bonchev–Trinajstić information content (AvgIpc) is 3.02. The van der Waals surface area contributed by atoms with Crippen molar-refractivity contribution in [1.29, 1.82) is 0 Å². The fourth-order valence-electron chi connectivity index (χ4n) is 2.43. The number of benzene rings is 2. The first-order valence-electron chi connectivity index (χ1n) is 7.64. The Labute approximate surface area is 159 Å². The van der Waals surface area contributed by atoms with Gasteiger partial charge in [0.25, 0.3) is 0 Å². The Balaban J connectivity index is 1.98. The number of methoxy groups -OCH3 is 3. The number of ether oxygens (including phenoxy) is 4. The number of rotatable bonds is 5. The van der Waals surface area contributed by atoms with Crippen LogP contribution in [0.5, 0.6) is 17.2 Å². The molecule has 0 saturated heterocycles. The van der Waals surface area contributed by atoms with Gasteiger partial charge in [0, 0.05) is 11.1 Å². The molecule has 134 valence electrons. The summed E-state index contributed by atoms with van der Waals surface area (Å²) in [6, 6.07) is 10.6. The summed E-state index contributed by atoms with van der Waals surface area (Å²) in [5.41, 5.74) is 1.50. The van der Waals surface area contributed by atoms with E-state index in [1.165, 1.54) is 0 Å². The highest BCUT2D eigenvalue weighted by atomic mass is 79.9. The summed E-state index contributed by atoms with van der Waals surface area (Å²) in [5.74, 6) is 1.62. The van der Waals surface area contributed by atoms with Crippen molar-refractivity contribution in [2.45, 2.75) is 0 Å². The van der Waals surface area contributed by atoms with E-state index in [9.17, 15) is 4.79 Å². The van der Waals surface area contributed by atoms with Crippen molar-refractivity contribution in [2.75, 3.05) is 21.3 Å². The summed E-state index contributed by atoms with van der Waals surface area (Å²) in [6.07, 6.45) is 1.61. The number of nitrogens with zero attached hydrogens (tertiary/aromatic N) is 1. The van der Waals surface area contributed by atoms with Crippen molar-refractivity contribution in [3.63, 3.8) is 0 Å². The molecule has 0 aromatic heterocycles. The van der Waals surface area contributed by atoms with Gasteiger partial charge in [-0.05, 0) is 58.4 Å². The molecule has 0 aliphatic carbocycles. The van der Waals surface area contributed by atoms with Gasteiger partial charge in [0.05, 0.1) is 25.8 Å². The number of aliphatic imine (C=N–C) groups is 1. The number of cyclic esters (lactones) is 1. The largest absolute Gasteiger partial charge is 0.497 e. The highest BCUT2D eigenvalue weighted by Gasteiger charge is 2.25. The van der Waals surface area contributed by atoms with E-state index >= 15 is 0 Å². The Hall–Kier alpha value is -2.80. The van der Waals surface area contributed by atoms with E-state index in [2.05, 4.69) is 20.9 Å². The Morgan fingerprint density at radius 1 is 1.00 bits per heavy atom. The predicted octanol–water partition coefficient (Wildman–Crippen LogP) is 3.82. The van der Waals surface area contributed by atoms with E-state index < -0.39 is 5.97 Å². The molecule has 0 amide bonds. The molecule has 2 aromatic carbocycles. The molecule has 0 unspecified atom stereocenters. The third kappa shape index (κ3) is 3.57. The number of carbonyl (C=O) groups excluding carboxylic acids is 1. The fourth-order valence-corrected chi connectivity index (χ4v) is 2.97. The second-order valence-electron chi connectivity index (χ2n) is 5.29. The zero-order valence-electron chi connectivity index (χ0n) is 14.4. The number of halogens is 1. The van der Waals surface area contributed by atoms with Crippen LogP contribution in [0.3, 0.4) is 0 Å². The first-order valence-corrected chi connectivity index (χ1v) is 8.43. The van der Waals surface area contributed by atoms with Gasteiger partial charge in [-0.25, -0.2) is 9.79 Å². The fraction of sp³-hybridized carbons (Fsp3) is 0.158. The first kappa shape index (κ1) is 18.0. The van der Waals surface area contributed by atoms with Gasteiger partial charge in [0.15, 0.2) is 5.70 Å². The van der Waals surface area contributed by atoms with Crippen molar-refractivity contribution < 1.29 is 23.7 Å². The van der Waals surface area contributed by atoms with E-state index in [1.807, 2.05) is 0 Å². The molecule has 7 heteroatoms. The van der Waals surface area contributed by atoms with E-state index in [1.54, 1.807) is 63.8 Å². The Morgan fingerprint density at radius 3 is 2.38 bits per heavy atom. The molecule has 0 atom stereocenters. The van der Waals surface area contributed by atoms with Gasteiger partial charge in [-0.2, -0.15) is 0 Å². The van der Waals surface area contributed by atoms with Gasteiger partial charge in [-0.3, -0.25) is 0 Å². The third-order valence-electron chi connectivity index (χ3n) is 3.75. The van der Waals surface area contributed by atoms with Gasteiger partial charge < -0.3 is 18.9 Å². The summed E-state index contributed by atoms with van der Waals surface area (Å²) in [5, 5.41) is 0. The summed E-state index contributed by atoms with van der Waals surface area (Å²) in [7, 11) is 4.70. The van der Waals surface area contributed by atoms with Crippen LogP contribution < -0.4 is 14.2 Å². The molecule has 0 spiro atoms. The molecule has 1 aliphatic heterocycles. The normalized spacial score (nSPS) is 14.8. The molecule has 0 fully saturated rings. The molecule has 6 nitrogen and oxygen atoms in total. The summed E-state index contributed by atoms with van der Waals surface area (Å²) < 4.78 is 21.8. The van der Waals surface area contributed by atoms with Gasteiger partial charge >= 0.3 is 5.97 Å². The molecule has 0 radical (unpaired) electrons. The van der Waals surface area contributed by atoms with E-state index in [-0.39, 0.29) is 11.6 Å². The maximum Gasteiger partial charge on any atom is 0.363 e. The predicted molar refractivity (Wildman–Crippen MR) is 101 cm³/mol. The average molecular weight is 418 g/mol. The Kier molecular flexibility index (Phi) is 5.27. The third-order valence-corrected chi connectivity index (χ3v) is 4.37. The molecule has 0 N–H and O–H groups in total. The van der Waals surface area contributed by atoms with Crippen molar-refractivity contribution in [3.8, 4) is 17.2 Å². The molecular formula is C19H16BrNO5. The number of carbonyl (C=O) groups is 1. The lowest BCUT2D eigenvalue weighted by atomic mass is 10.1. The van der Waals surface area contributed by atoms with Crippen molar-refractivity contribution in [3.05, 3.63) is 57.7 Å². The minimum Gasteiger partial charge on any atom is -0.497 e. The zero-order valence-corrected chi connectivity index (χ0v) is 16.0. The number of hydrogen-bond donors (Lipinski definition) is 0. The topological polar surface area (TPSA) is 66.3 Å². The van der Waals surface area contributed by atoms with Crippen molar-refractivity contribution in [2.24, 2.45) is 4.99 Å². The van der Waals surface area contributed by atoms with Crippen LogP contribution >= 0.6 is 15.9 Å². The maximum atomic E-state index is 12.2. The zero-order chi connectivity index (χ0) is 18.7. The molecule has 1 aliphatic rings.